The predicted molar refractivity (Wildman–Crippen MR) is 75.6 cm³/mol. The lowest BCUT2D eigenvalue weighted by molar-refractivity contribution is 0.280. The quantitative estimate of drug-likeness (QED) is 0.846. The number of hydrogen-bond donors (Lipinski definition) is 1. The van der Waals surface area contributed by atoms with Crippen LogP contribution in [0.15, 0.2) is 6.33 Å². The molecule has 0 aliphatic rings. The molecule has 1 heterocycles. The monoisotopic (exact) mass is 252 g/mol. The van der Waals surface area contributed by atoms with Crippen LogP contribution in [0.3, 0.4) is 0 Å². The fraction of sp³-hybridized carbons (Fsp3) is 0.857. The molecular weight excluding hydrogens is 224 g/mol. The third kappa shape index (κ3) is 5.17. The normalized spacial score (nSPS) is 13.0. The van der Waals surface area contributed by atoms with Crippen molar-refractivity contribution in [3.8, 4) is 0 Å². The van der Waals surface area contributed by atoms with Crippen LogP contribution in [0.4, 0.5) is 0 Å². The molecule has 0 radical (unpaired) electrons. The Morgan fingerprint density at radius 2 is 1.89 bits per heavy atom. The molecule has 0 aliphatic heterocycles. The summed E-state index contributed by atoms with van der Waals surface area (Å²) in [6.45, 7) is 15.2. The first-order valence-electron chi connectivity index (χ1n) is 6.85. The molecule has 1 aromatic rings. The lowest BCUT2D eigenvalue weighted by Gasteiger charge is -2.30. The molecule has 0 spiro atoms. The van der Waals surface area contributed by atoms with Crippen LogP contribution in [0.2, 0.25) is 0 Å². The van der Waals surface area contributed by atoms with E-state index < -0.39 is 0 Å². The van der Waals surface area contributed by atoms with Crippen LogP contribution >= 0.6 is 0 Å². The standard InChI is InChI=1S/C14H28N4/c1-7-8-18-12(15-11-17-18)9-14(5,6)10-16-13(2,3)4/h11,16H,7-10H2,1-6H3. The van der Waals surface area contributed by atoms with E-state index >= 15 is 0 Å². The number of aryl methyl sites for hydroxylation is 1. The molecule has 0 saturated carbocycles. The zero-order valence-corrected chi connectivity index (χ0v) is 12.7. The molecule has 4 heteroatoms. The van der Waals surface area contributed by atoms with Gasteiger partial charge in [0.15, 0.2) is 0 Å². The molecule has 0 aliphatic carbocycles. The van der Waals surface area contributed by atoms with Crippen LogP contribution in [0.1, 0.15) is 53.8 Å². The molecule has 0 unspecified atom stereocenters. The van der Waals surface area contributed by atoms with E-state index in [0.717, 1.165) is 31.8 Å². The van der Waals surface area contributed by atoms with Crippen molar-refractivity contribution in [1.82, 2.24) is 20.1 Å². The van der Waals surface area contributed by atoms with E-state index in [1.807, 2.05) is 4.68 Å². The summed E-state index contributed by atoms with van der Waals surface area (Å²) in [6, 6.07) is 0. The summed E-state index contributed by atoms with van der Waals surface area (Å²) >= 11 is 0. The molecule has 0 bridgehead atoms. The molecule has 1 rings (SSSR count). The third-order valence-electron chi connectivity index (χ3n) is 2.87. The van der Waals surface area contributed by atoms with Crippen molar-refractivity contribution in [1.29, 1.82) is 0 Å². The Bertz CT molecular complexity index is 360. The summed E-state index contributed by atoms with van der Waals surface area (Å²) in [7, 11) is 0. The minimum atomic E-state index is 0.161. The van der Waals surface area contributed by atoms with Crippen molar-refractivity contribution < 1.29 is 0 Å². The van der Waals surface area contributed by atoms with Gasteiger partial charge < -0.3 is 5.32 Å². The highest BCUT2D eigenvalue weighted by Crippen LogP contribution is 2.20. The Balaban J connectivity index is 2.61. The fourth-order valence-corrected chi connectivity index (χ4v) is 1.82. The summed E-state index contributed by atoms with van der Waals surface area (Å²) in [6.07, 6.45) is 3.71. The van der Waals surface area contributed by atoms with E-state index in [4.69, 9.17) is 0 Å². The minimum absolute atomic E-state index is 0.161. The summed E-state index contributed by atoms with van der Waals surface area (Å²) in [4.78, 5) is 4.39. The van der Waals surface area contributed by atoms with Crippen LogP contribution in [0, 0.1) is 5.41 Å². The van der Waals surface area contributed by atoms with Crippen molar-refractivity contribution in [2.45, 2.75) is 66.5 Å². The summed E-state index contributed by atoms with van der Waals surface area (Å²) < 4.78 is 2.03. The molecule has 0 amide bonds. The zero-order valence-electron chi connectivity index (χ0n) is 12.7. The highest BCUT2D eigenvalue weighted by molar-refractivity contribution is 4.92. The van der Waals surface area contributed by atoms with Gasteiger partial charge in [-0.1, -0.05) is 20.8 Å². The predicted octanol–water partition coefficient (Wildman–Crippen LogP) is 2.64. The van der Waals surface area contributed by atoms with Crippen LogP contribution in [-0.2, 0) is 13.0 Å². The topological polar surface area (TPSA) is 42.7 Å². The van der Waals surface area contributed by atoms with Crippen LogP contribution in [0.5, 0.6) is 0 Å². The molecule has 18 heavy (non-hydrogen) atoms. The van der Waals surface area contributed by atoms with Crippen LogP contribution < -0.4 is 5.32 Å². The molecule has 0 atom stereocenters. The maximum Gasteiger partial charge on any atom is 0.138 e. The maximum absolute atomic E-state index is 4.39. The fourth-order valence-electron chi connectivity index (χ4n) is 1.82. The Kier molecular flexibility index (Phi) is 4.91. The molecule has 1 aromatic heterocycles. The van der Waals surface area contributed by atoms with Crippen molar-refractivity contribution in [3.63, 3.8) is 0 Å². The minimum Gasteiger partial charge on any atom is -0.312 e. The Morgan fingerprint density at radius 3 is 2.44 bits per heavy atom. The Morgan fingerprint density at radius 1 is 1.22 bits per heavy atom. The molecule has 0 aromatic carbocycles. The van der Waals surface area contributed by atoms with Gasteiger partial charge >= 0.3 is 0 Å². The second-order valence-corrected chi connectivity index (χ2v) is 6.84. The van der Waals surface area contributed by atoms with E-state index in [0.29, 0.717) is 0 Å². The van der Waals surface area contributed by atoms with Crippen molar-refractivity contribution >= 4 is 0 Å². The molecule has 1 N–H and O–H groups in total. The lowest BCUT2D eigenvalue weighted by Crippen LogP contribution is -2.42. The molecule has 4 nitrogen and oxygen atoms in total. The van der Waals surface area contributed by atoms with Crippen LogP contribution in [-0.4, -0.2) is 26.8 Å². The van der Waals surface area contributed by atoms with Gasteiger partial charge in [-0.05, 0) is 32.6 Å². The third-order valence-corrected chi connectivity index (χ3v) is 2.87. The van der Waals surface area contributed by atoms with Gasteiger partial charge in [-0.15, -0.1) is 0 Å². The maximum atomic E-state index is 4.39. The number of nitrogens with one attached hydrogen (secondary N) is 1. The van der Waals surface area contributed by atoms with Gasteiger partial charge in [0.2, 0.25) is 0 Å². The van der Waals surface area contributed by atoms with Crippen molar-refractivity contribution in [2.24, 2.45) is 5.41 Å². The van der Waals surface area contributed by atoms with E-state index in [2.05, 4.69) is 56.9 Å². The van der Waals surface area contributed by atoms with Crippen molar-refractivity contribution in [3.05, 3.63) is 12.2 Å². The summed E-state index contributed by atoms with van der Waals surface area (Å²) in [5.41, 5.74) is 0.347. The smallest absolute Gasteiger partial charge is 0.138 e. The average molecular weight is 252 g/mol. The lowest BCUT2D eigenvalue weighted by atomic mass is 9.88. The first kappa shape index (κ1) is 15.2. The molecule has 0 saturated heterocycles. The van der Waals surface area contributed by atoms with Crippen molar-refractivity contribution in [2.75, 3.05) is 6.54 Å². The number of aromatic nitrogens is 3. The van der Waals surface area contributed by atoms with Gasteiger partial charge in [-0.25, -0.2) is 4.98 Å². The highest BCUT2D eigenvalue weighted by Gasteiger charge is 2.23. The second kappa shape index (κ2) is 5.83. The summed E-state index contributed by atoms with van der Waals surface area (Å²) in [5, 5.41) is 7.85. The largest absolute Gasteiger partial charge is 0.312 e. The van der Waals surface area contributed by atoms with Crippen LogP contribution in [0.25, 0.3) is 0 Å². The van der Waals surface area contributed by atoms with Gasteiger partial charge in [0.05, 0.1) is 0 Å². The second-order valence-electron chi connectivity index (χ2n) is 6.84. The SMILES string of the molecule is CCCn1ncnc1CC(C)(C)CNC(C)(C)C. The van der Waals surface area contributed by atoms with E-state index in [-0.39, 0.29) is 11.0 Å². The number of rotatable bonds is 6. The van der Waals surface area contributed by atoms with Gasteiger partial charge in [0.1, 0.15) is 12.2 Å². The van der Waals surface area contributed by atoms with Gasteiger partial charge in [-0.2, -0.15) is 5.10 Å². The first-order valence-corrected chi connectivity index (χ1v) is 6.85. The van der Waals surface area contributed by atoms with Gasteiger partial charge in [0.25, 0.3) is 0 Å². The zero-order chi connectivity index (χ0) is 13.8. The molecule has 0 fully saturated rings. The van der Waals surface area contributed by atoms with Gasteiger partial charge in [-0.3, -0.25) is 4.68 Å². The van der Waals surface area contributed by atoms with E-state index in [9.17, 15) is 0 Å². The first-order chi connectivity index (χ1) is 8.23. The molecular formula is C14H28N4. The Hall–Kier alpha value is -0.900. The molecule has 104 valence electrons. The average Bonchev–Trinajstić information content (AvgIpc) is 2.62. The Labute approximate surface area is 111 Å². The number of nitrogens with zero attached hydrogens (tertiary/aromatic N) is 3. The van der Waals surface area contributed by atoms with Gasteiger partial charge in [0, 0.05) is 25.0 Å². The highest BCUT2D eigenvalue weighted by atomic mass is 15.3. The van der Waals surface area contributed by atoms with E-state index in [1.165, 1.54) is 0 Å². The van der Waals surface area contributed by atoms with E-state index in [1.54, 1.807) is 6.33 Å². The number of hydrogen-bond acceptors (Lipinski definition) is 3. The summed E-state index contributed by atoms with van der Waals surface area (Å²) in [5.74, 6) is 1.09.